The van der Waals surface area contributed by atoms with Crippen molar-refractivity contribution in [3.8, 4) is 0 Å². The molecule has 0 aromatic carbocycles. The first-order valence-electron chi connectivity index (χ1n) is 6.09. The molecule has 0 nitrogen and oxygen atoms in total. The van der Waals surface area contributed by atoms with Crippen LogP contribution in [0, 0.1) is 31.1 Å². The van der Waals surface area contributed by atoms with Crippen molar-refractivity contribution in [2.75, 3.05) is 0 Å². The van der Waals surface area contributed by atoms with E-state index in [4.69, 9.17) is 0 Å². The van der Waals surface area contributed by atoms with Crippen LogP contribution in [0.2, 0.25) is 0 Å². The van der Waals surface area contributed by atoms with Gasteiger partial charge in [0.1, 0.15) is 0 Å². The van der Waals surface area contributed by atoms with Crippen molar-refractivity contribution in [2.24, 2.45) is 0 Å². The molecule has 0 amide bonds. The zero-order valence-corrected chi connectivity index (χ0v) is 26.3. The molecule has 292 valence electrons. The molecule has 0 rings (SSSR count). The minimum atomic E-state index is -10.7. The van der Waals surface area contributed by atoms with Gasteiger partial charge in [0.25, 0.3) is 0 Å². The Bertz CT molecular complexity index is 616. The quantitative estimate of drug-likeness (QED) is 0.168. The Hall–Kier alpha value is 1.11. The van der Waals surface area contributed by atoms with Gasteiger partial charge >= 0.3 is 198 Å². The maximum Gasteiger partial charge on any atom is 0 e. The first-order valence-corrected chi connectivity index (χ1v) is 18.3. The summed E-state index contributed by atoms with van der Waals surface area (Å²) in [6, 6.07) is 0. The van der Waals surface area contributed by atoms with Gasteiger partial charge in [-0.1, -0.05) is 0 Å². The second-order valence-corrected chi connectivity index (χ2v) is 17.2. The van der Waals surface area contributed by atoms with E-state index >= 15 is 0 Å². The Morgan fingerprint density at radius 1 is 0.116 bits per heavy atom. The predicted molar refractivity (Wildman–Crippen MR) is 81.4 cm³/mol. The summed E-state index contributed by atoms with van der Waals surface area (Å²) in [5, 5.41) is 0. The van der Waals surface area contributed by atoms with Crippen molar-refractivity contribution < 1.29 is 182 Å². The van der Waals surface area contributed by atoms with Gasteiger partial charge in [-0.15, -0.1) is 0 Å². The van der Waals surface area contributed by atoms with Gasteiger partial charge in [0.2, 0.25) is 0 Å². The predicted octanol–water partition coefficient (Wildman–Crippen LogP) is 20.3. The second-order valence-electron chi connectivity index (χ2n) is 5.75. The summed E-state index contributed by atoms with van der Waals surface area (Å²) >= 11 is 0. The standard InChI is InChI=1S/6F6P.U/c6*1-7(2,3,4,5)6;/q6*-1;. The summed E-state index contributed by atoms with van der Waals surface area (Å²) in [4.78, 5) is 0. The van der Waals surface area contributed by atoms with Crippen LogP contribution in [-0.2, 0) is 0 Å². The van der Waals surface area contributed by atoms with E-state index in [-0.39, 0.29) is 31.1 Å². The van der Waals surface area contributed by atoms with Crippen LogP contribution in [0.3, 0.4) is 0 Å². The topological polar surface area (TPSA) is 0 Å². The number of hydrogen-bond donors (Lipinski definition) is 0. The molecule has 0 aliphatic heterocycles. The van der Waals surface area contributed by atoms with Crippen LogP contribution in [0.25, 0.3) is 0 Å². The molecule has 0 aliphatic carbocycles. The molecule has 0 saturated carbocycles. The van der Waals surface area contributed by atoms with Gasteiger partial charge in [0.05, 0.1) is 0 Å². The summed E-state index contributed by atoms with van der Waals surface area (Å²) < 4.78 is 355. The first-order chi connectivity index (χ1) is 14.7. The van der Waals surface area contributed by atoms with E-state index in [1.54, 1.807) is 0 Å². The average Bonchev–Trinajstić information content (AvgIpc) is 1.70. The number of halogens is 36. The molecule has 43 heteroatoms. The van der Waals surface area contributed by atoms with Gasteiger partial charge in [0, 0.05) is 31.1 Å². The largest absolute Gasteiger partial charge is 0 e. The van der Waals surface area contributed by atoms with Gasteiger partial charge in [-0.3, -0.25) is 0 Å². The fraction of sp³-hybridized carbons (Fsp3) is 0. The Kier molecular flexibility index (Phi) is 12.8. The molecule has 0 unspecified atom stereocenters. The summed E-state index contributed by atoms with van der Waals surface area (Å²) in [6.07, 6.45) is 0. The normalized spacial score (nSPS) is 22.6. The third-order valence-electron chi connectivity index (χ3n) is 0. The summed E-state index contributed by atoms with van der Waals surface area (Å²) in [5.41, 5.74) is 0. The zero-order valence-electron chi connectivity index (χ0n) is 16.8. The Labute approximate surface area is 229 Å². The zero-order chi connectivity index (χ0) is 38.4. The third kappa shape index (κ3) is 58900. The summed E-state index contributed by atoms with van der Waals surface area (Å²) in [5.74, 6) is 0. The van der Waals surface area contributed by atoms with Crippen molar-refractivity contribution in [1.29, 1.82) is 0 Å². The van der Waals surface area contributed by atoms with Gasteiger partial charge in [0.15, 0.2) is 0 Å². The SMILES string of the molecule is F[P-](F)(F)(F)(F)F.F[P-](F)(F)(F)(F)F.F[P-](F)(F)(F)(F)F.F[P-](F)(F)(F)(F)F.F[P-](F)(F)(F)(F)F.F[P-](F)(F)(F)(F)F.[U]. The van der Waals surface area contributed by atoms with E-state index in [1.165, 1.54) is 0 Å². The second kappa shape index (κ2) is 9.21. The molecule has 43 heavy (non-hydrogen) atoms. The molecule has 0 bridgehead atoms. The van der Waals surface area contributed by atoms with Crippen LogP contribution < -0.4 is 0 Å². The van der Waals surface area contributed by atoms with Crippen LogP contribution in [-0.4, -0.2) is 0 Å². The Morgan fingerprint density at radius 2 is 0.116 bits per heavy atom. The summed E-state index contributed by atoms with van der Waals surface area (Å²) in [7, 11) is -63.9. The molecular formula is F36P6U-6. The van der Waals surface area contributed by atoms with Gasteiger partial charge < -0.3 is 0 Å². The average molecular weight is 1110 g/mol. The van der Waals surface area contributed by atoms with Crippen LogP contribution >= 0.6 is 46.9 Å². The maximum absolute atomic E-state index is 10.7. The minimum absolute atomic E-state index is 0. The monoisotopic (exact) mass is 1110 g/mol. The molecule has 0 heterocycles. The molecule has 0 fully saturated rings. The van der Waals surface area contributed by atoms with Crippen LogP contribution in [0.15, 0.2) is 0 Å². The van der Waals surface area contributed by atoms with E-state index in [1.807, 2.05) is 0 Å². The van der Waals surface area contributed by atoms with Crippen LogP contribution in [0.1, 0.15) is 0 Å². The van der Waals surface area contributed by atoms with Crippen molar-refractivity contribution >= 4 is 46.9 Å². The van der Waals surface area contributed by atoms with Crippen molar-refractivity contribution in [2.45, 2.75) is 0 Å². The molecule has 0 spiro atoms. The van der Waals surface area contributed by atoms with E-state index in [9.17, 15) is 151 Å². The first kappa shape index (κ1) is 59.5. The Balaban J connectivity index is -0.0000000720. The molecule has 0 aliphatic rings. The van der Waals surface area contributed by atoms with E-state index < -0.39 is 46.9 Å². The van der Waals surface area contributed by atoms with Crippen LogP contribution in [0.4, 0.5) is 151 Å². The van der Waals surface area contributed by atoms with Gasteiger partial charge in [-0.2, -0.15) is 0 Å². The fourth-order valence-corrected chi connectivity index (χ4v) is 0. The number of rotatable bonds is 0. The molecule has 0 saturated heterocycles. The molecule has 0 N–H and O–H groups in total. The molecule has 0 aromatic heterocycles. The van der Waals surface area contributed by atoms with Crippen molar-refractivity contribution in [1.82, 2.24) is 0 Å². The smallest absolute Gasteiger partial charge is 0 e. The molecule has 0 aromatic rings. The van der Waals surface area contributed by atoms with Crippen molar-refractivity contribution in [3.05, 3.63) is 0 Å². The van der Waals surface area contributed by atoms with Gasteiger partial charge in [-0.25, -0.2) is 0 Å². The van der Waals surface area contributed by atoms with E-state index in [2.05, 4.69) is 0 Å². The third-order valence-corrected chi connectivity index (χ3v) is 0. The maximum atomic E-state index is 9.87. The van der Waals surface area contributed by atoms with Crippen LogP contribution in [0.5, 0.6) is 0 Å². The summed E-state index contributed by atoms with van der Waals surface area (Å²) in [6.45, 7) is 0. The fourth-order valence-electron chi connectivity index (χ4n) is 0. The van der Waals surface area contributed by atoms with E-state index in [0.29, 0.717) is 0 Å². The Morgan fingerprint density at radius 3 is 0.116 bits per heavy atom. The molecule has 0 radical (unpaired) electrons. The molecule has 0 atom stereocenters. The van der Waals surface area contributed by atoms with E-state index in [0.717, 1.165) is 0 Å². The number of hydrogen-bond acceptors (Lipinski definition) is 0. The minimum Gasteiger partial charge on any atom is 0 e. The molecular weight excluding hydrogens is 1110 g/mol. The van der Waals surface area contributed by atoms with Crippen molar-refractivity contribution in [3.63, 3.8) is 0 Å². The van der Waals surface area contributed by atoms with Gasteiger partial charge in [-0.05, 0) is 0 Å².